The second kappa shape index (κ2) is 4.66. The van der Waals surface area contributed by atoms with Gasteiger partial charge in [-0.2, -0.15) is 0 Å². The molecule has 1 amide bonds. The lowest BCUT2D eigenvalue weighted by Gasteiger charge is -2.33. The molecule has 16 heavy (non-hydrogen) atoms. The van der Waals surface area contributed by atoms with E-state index < -0.39 is 0 Å². The fourth-order valence-electron chi connectivity index (χ4n) is 2.02. The smallest absolute Gasteiger partial charge is 0.236 e. The van der Waals surface area contributed by atoms with E-state index in [1.807, 2.05) is 11.9 Å². The second-order valence-corrected chi connectivity index (χ2v) is 4.48. The summed E-state index contributed by atoms with van der Waals surface area (Å²) in [5.74, 6) is 0.184. The van der Waals surface area contributed by atoms with Gasteiger partial charge in [-0.1, -0.05) is 29.8 Å². The van der Waals surface area contributed by atoms with Crippen LogP contribution in [0.5, 0.6) is 0 Å². The lowest BCUT2D eigenvalue weighted by molar-refractivity contribution is -0.133. The van der Waals surface area contributed by atoms with E-state index >= 15 is 0 Å². The average molecular weight is 218 g/mol. The van der Waals surface area contributed by atoms with Crippen molar-refractivity contribution < 1.29 is 4.79 Å². The largest absolute Gasteiger partial charge is 0.340 e. The number of carbonyl (C=O) groups is 1. The highest BCUT2D eigenvalue weighted by Crippen LogP contribution is 2.11. The molecular weight excluding hydrogens is 200 g/mol. The van der Waals surface area contributed by atoms with Crippen LogP contribution in [0.3, 0.4) is 0 Å². The lowest BCUT2D eigenvalue weighted by atomic mass is 10.0. The molecule has 1 heterocycles. The fourth-order valence-corrected chi connectivity index (χ4v) is 2.02. The van der Waals surface area contributed by atoms with Gasteiger partial charge in [0.25, 0.3) is 0 Å². The van der Waals surface area contributed by atoms with Gasteiger partial charge in [0.15, 0.2) is 0 Å². The SMILES string of the molecule is Cc1ccc(CC2CNCC(=O)N2C)cc1. The number of hydrogen-bond acceptors (Lipinski definition) is 2. The third kappa shape index (κ3) is 2.42. The summed E-state index contributed by atoms with van der Waals surface area (Å²) in [6.07, 6.45) is 0.926. The highest BCUT2D eigenvalue weighted by molar-refractivity contribution is 5.79. The Hall–Kier alpha value is -1.35. The van der Waals surface area contributed by atoms with Crippen molar-refractivity contribution in [1.82, 2.24) is 10.2 Å². The first kappa shape index (κ1) is 11.1. The summed E-state index contributed by atoms with van der Waals surface area (Å²) < 4.78 is 0. The zero-order chi connectivity index (χ0) is 11.5. The Morgan fingerprint density at radius 1 is 1.38 bits per heavy atom. The zero-order valence-electron chi connectivity index (χ0n) is 9.86. The first-order chi connectivity index (χ1) is 7.66. The van der Waals surface area contributed by atoms with Gasteiger partial charge in [0.2, 0.25) is 5.91 Å². The van der Waals surface area contributed by atoms with E-state index in [4.69, 9.17) is 0 Å². The monoisotopic (exact) mass is 218 g/mol. The van der Waals surface area contributed by atoms with Gasteiger partial charge >= 0.3 is 0 Å². The number of benzene rings is 1. The second-order valence-electron chi connectivity index (χ2n) is 4.48. The summed E-state index contributed by atoms with van der Waals surface area (Å²) in [5.41, 5.74) is 2.56. The molecule has 3 heteroatoms. The van der Waals surface area contributed by atoms with Crippen molar-refractivity contribution in [3.8, 4) is 0 Å². The van der Waals surface area contributed by atoms with E-state index in [-0.39, 0.29) is 11.9 Å². The van der Waals surface area contributed by atoms with Crippen LogP contribution in [0.15, 0.2) is 24.3 Å². The molecule has 1 aromatic carbocycles. The maximum absolute atomic E-state index is 11.5. The van der Waals surface area contributed by atoms with Gasteiger partial charge in [0, 0.05) is 19.6 Å². The van der Waals surface area contributed by atoms with Gasteiger partial charge in [0.05, 0.1) is 6.54 Å². The number of aryl methyl sites for hydroxylation is 1. The van der Waals surface area contributed by atoms with Crippen molar-refractivity contribution in [3.05, 3.63) is 35.4 Å². The molecule has 2 rings (SSSR count). The number of nitrogens with one attached hydrogen (secondary N) is 1. The molecule has 1 saturated heterocycles. The topological polar surface area (TPSA) is 32.3 Å². The predicted molar refractivity (Wildman–Crippen MR) is 64.3 cm³/mol. The van der Waals surface area contributed by atoms with Crippen LogP contribution in [0.4, 0.5) is 0 Å². The Labute approximate surface area is 96.5 Å². The zero-order valence-corrected chi connectivity index (χ0v) is 9.86. The maximum Gasteiger partial charge on any atom is 0.236 e. The molecule has 0 bridgehead atoms. The normalized spacial score (nSPS) is 21.2. The number of likely N-dealkylation sites (N-methyl/N-ethyl adjacent to an activating group) is 1. The molecule has 1 aliphatic rings. The first-order valence-corrected chi connectivity index (χ1v) is 5.69. The van der Waals surface area contributed by atoms with Crippen LogP contribution in [0.2, 0.25) is 0 Å². The third-order valence-electron chi connectivity index (χ3n) is 3.19. The number of amides is 1. The first-order valence-electron chi connectivity index (χ1n) is 5.69. The van der Waals surface area contributed by atoms with E-state index in [9.17, 15) is 4.79 Å². The Kier molecular flexibility index (Phi) is 3.25. The van der Waals surface area contributed by atoms with E-state index in [0.29, 0.717) is 6.54 Å². The van der Waals surface area contributed by atoms with Gasteiger partial charge in [-0.15, -0.1) is 0 Å². The number of nitrogens with zero attached hydrogens (tertiary/aromatic N) is 1. The van der Waals surface area contributed by atoms with Gasteiger partial charge in [-0.25, -0.2) is 0 Å². The standard InChI is InChI=1S/C13H18N2O/c1-10-3-5-11(6-4-10)7-12-8-14-9-13(16)15(12)2/h3-6,12,14H,7-9H2,1-2H3. The Morgan fingerprint density at radius 2 is 2.06 bits per heavy atom. The number of hydrogen-bond donors (Lipinski definition) is 1. The molecule has 1 aliphatic heterocycles. The molecule has 1 fully saturated rings. The Bertz CT molecular complexity index is 372. The van der Waals surface area contributed by atoms with Crippen molar-refractivity contribution in [1.29, 1.82) is 0 Å². The number of carbonyl (C=O) groups excluding carboxylic acids is 1. The molecule has 1 aromatic rings. The van der Waals surface area contributed by atoms with Gasteiger partial charge in [0.1, 0.15) is 0 Å². The van der Waals surface area contributed by atoms with E-state index in [1.165, 1.54) is 11.1 Å². The van der Waals surface area contributed by atoms with Crippen LogP contribution in [0, 0.1) is 6.92 Å². The molecule has 1 atom stereocenters. The van der Waals surface area contributed by atoms with Gasteiger partial charge in [-0.3, -0.25) is 4.79 Å². The van der Waals surface area contributed by atoms with Crippen molar-refractivity contribution >= 4 is 5.91 Å². The van der Waals surface area contributed by atoms with Crippen LogP contribution < -0.4 is 5.32 Å². The quantitative estimate of drug-likeness (QED) is 0.802. The van der Waals surface area contributed by atoms with E-state index in [1.54, 1.807) is 0 Å². The van der Waals surface area contributed by atoms with Gasteiger partial charge < -0.3 is 10.2 Å². The minimum atomic E-state index is 0.184. The van der Waals surface area contributed by atoms with Crippen molar-refractivity contribution in [2.45, 2.75) is 19.4 Å². The molecule has 0 spiro atoms. The van der Waals surface area contributed by atoms with Crippen LogP contribution >= 0.6 is 0 Å². The van der Waals surface area contributed by atoms with Crippen molar-refractivity contribution in [3.63, 3.8) is 0 Å². The molecular formula is C13H18N2O. The predicted octanol–water partition coefficient (Wildman–Crippen LogP) is 0.968. The Morgan fingerprint density at radius 3 is 2.75 bits per heavy atom. The third-order valence-corrected chi connectivity index (χ3v) is 3.19. The fraction of sp³-hybridized carbons (Fsp3) is 0.462. The van der Waals surface area contributed by atoms with Gasteiger partial charge in [-0.05, 0) is 18.9 Å². The summed E-state index contributed by atoms with van der Waals surface area (Å²) in [5, 5.41) is 3.16. The molecule has 0 saturated carbocycles. The summed E-state index contributed by atoms with van der Waals surface area (Å²) in [6.45, 7) is 3.44. The van der Waals surface area contributed by atoms with Crippen LogP contribution in [0.1, 0.15) is 11.1 Å². The summed E-state index contributed by atoms with van der Waals surface area (Å²) in [4.78, 5) is 13.4. The van der Waals surface area contributed by atoms with E-state index in [0.717, 1.165) is 13.0 Å². The highest BCUT2D eigenvalue weighted by atomic mass is 16.2. The minimum absolute atomic E-state index is 0.184. The maximum atomic E-state index is 11.5. The average Bonchev–Trinajstić information content (AvgIpc) is 2.28. The van der Waals surface area contributed by atoms with Crippen LogP contribution in [0.25, 0.3) is 0 Å². The number of rotatable bonds is 2. The number of piperazine rings is 1. The molecule has 0 aromatic heterocycles. The molecule has 3 nitrogen and oxygen atoms in total. The molecule has 86 valence electrons. The molecule has 0 aliphatic carbocycles. The molecule has 1 unspecified atom stereocenters. The summed E-state index contributed by atoms with van der Waals surface area (Å²) in [7, 11) is 1.89. The van der Waals surface area contributed by atoms with Crippen molar-refractivity contribution in [2.75, 3.05) is 20.1 Å². The van der Waals surface area contributed by atoms with Crippen LogP contribution in [-0.4, -0.2) is 37.0 Å². The molecule has 1 N–H and O–H groups in total. The van der Waals surface area contributed by atoms with Crippen LogP contribution in [-0.2, 0) is 11.2 Å². The van der Waals surface area contributed by atoms with Crippen molar-refractivity contribution in [2.24, 2.45) is 0 Å². The van der Waals surface area contributed by atoms with E-state index in [2.05, 4.69) is 36.5 Å². The Balaban J connectivity index is 2.03. The minimum Gasteiger partial charge on any atom is -0.340 e. The molecule has 0 radical (unpaired) electrons. The lowest BCUT2D eigenvalue weighted by Crippen LogP contribution is -2.53. The summed E-state index contributed by atoms with van der Waals surface area (Å²) >= 11 is 0. The summed E-state index contributed by atoms with van der Waals surface area (Å²) in [6, 6.07) is 8.80. The highest BCUT2D eigenvalue weighted by Gasteiger charge is 2.24.